The van der Waals surface area contributed by atoms with Crippen LogP contribution in [0.25, 0.3) is 37.2 Å². The van der Waals surface area contributed by atoms with Crippen LogP contribution in [0.2, 0.25) is 0 Å². The summed E-state index contributed by atoms with van der Waals surface area (Å²) in [7, 11) is 1.66. The highest BCUT2D eigenvalue weighted by atomic mass is 32.1. The molecule has 7 rings (SSSR count). The topological polar surface area (TPSA) is 122 Å². The van der Waals surface area contributed by atoms with Gasteiger partial charge in [0.15, 0.2) is 0 Å². The van der Waals surface area contributed by atoms with Crippen LogP contribution in [0.4, 0.5) is 5.69 Å². The van der Waals surface area contributed by atoms with Crippen LogP contribution in [-0.2, 0) is 16.1 Å². The normalized spacial score (nSPS) is 17.1. The summed E-state index contributed by atoms with van der Waals surface area (Å²) in [6.45, 7) is 4.23. The molecule has 1 saturated heterocycles. The highest BCUT2D eigenvalue weighted by molar-refractivity contribution is 7.21. The number of nitrogens with one attached hydrogen (secondary N) is 2. The maximum atomic E-state index is 13.1. The summed E-state index contributed by atoms with van der Waals surface area (Å²) < 4.78 is 8.68. The second-order valence-electron chi connectivity index (χ2n) is 10.8. The monoisotopic (exact) mass is 546 g/mol. The molecule has 1 amide bonds. The van der Waals surface area contributed by atoms with E-state index < -0.39 is 0 Å². The van der Waals surface area contributed by atoms with Gasteiger partial charge < -0.3 is 19.9 Å². The highest BCUT2D eigenvalue weighted by Crippen LogP contribution is 2.47. The molecule has 2 fully saturated rings. The van der Waals surface area contributed by atoms with Crippen molar-refractivity contribution in [3.05, 3.63) is 41.2 Å². The quantitative estimate of drug-likeness (QED) is 0.305. The van der Waals surface area contributed by atoms with E-state index in [0.29, 0.717) is 52.6 Å². The van der Waals surface area contributed by atoms with Gasteiger partial charge >= 0.3 is 0 Å². The number of rotatable bonds is 8. The Labute approximate surface area is 227 Å². The van der Waals surface area contributed by atoms with Crippen LogP contribution in [0, 0.1) is 5.41 Å². The van der Waals surface area contributed by atoms with E-state index in [2.05, 4.69) is 25.3 Å². The van der Waals surface area contributed by atoms with Crippen molar-refractivity contribution in [3.63, 3.8) is 0 Å². The molecule has 5 aromatic heterocycles. The van der Waals surface area contributed by atoms with Crippen molar-refractivity contribution in [2.24, 2.45) is 5.41 Å². The van der Waals surface area contributed by atoms with E-state index in [1.807, 2.05) is 17.1 Å². The summed E-state index contributed by atoms with van der Waals surface area (Å²) in [6.07, 6.45) is 13.0. The number of hydrogen-bond donors (Lipinski definition) is 2. The number of anilines is 1. The van der Waals surface area contributed by atoms with Gasteiger partial charge in [-0.25, -0.2) is 4.52 Å². The van der Waals surface area contributed by atoms with Gasteiger partial charge in [0.25, 0.3) is 5.56 Å². The molecule has 0 bridgehead atoms. The van der Waals surface area contributed by atoms with E-state index in [9.17, 15) is 9.59 Å². The minimum absolute atomic E-state index is 0.0466. The van der Waals surface area contributed by atoms with Crippen LogP contribution in [0.1, 0.15) is 32.1 Å². The zero-order valence-electron chi connectivity index (χ0n) is 21.8. The summed E-state index contributed by atoms with van der Waals surface area (Å²) in [6, 6.07) is 1.76. The molecular weight excluding hydrogens is 516 g/mol. The Morgan fingerprint density at radius 3 is 2.90 bits per heavy atom. The zero-order chi connectivity index (χ0) is 26.6. The first-order chi connectivity index (χ1) is 19.0. The summed E-state index contributed by atoms with van der Waals surface area (Å²) in [5.41, 5.74) is 3.50. The van der Waals surface area contributed by atoms with Gasteiger partial charge in [-0.05, 0) is 37.3 Å². The Hall–Kier alpha value is -3.61. The van der Waals surface area contributed by atoms with Gasteiger partial charge in [-0.1, -0.05) is 6.42 Å². The average molecular weight is 547 g/mol. The molecule has 5 aromatic rings. The Morgan fingerprint density at radius 1 is 1.21 bits per heavy atom. The van der Waals surface area contributed by atoms with Crippen molar-refractivity contribution in [3.8, 4) is 10.4 Å². The Balaban J connectivity index is 1.10. The van der Waals surface area contributed by atoms with Crippen LogP contribution < -0.4 is 10.9 Å². The number of carbonyl (C=O) groups excluding carboxylic acids is 1. The molecule has 1 aliphatic carbocycles. The van der Waals surface area contributed by atoms with Gasteiger partial charge in [-0.3, -0.25) is 19.3 Å². The fraction of sp³-hybridized carbons (Fsp3) is 0.444. The predicted octanol–water partition coefficient (Wildman–Crippen LogP) is 3.50. The first-order valence-electron chi connectivity index (χ1n) is 13.4. The molecule has 2 N–H and O–H groups in total. The second-order valence-corrected chi connectivity index (χ2v) is 11.8. The number of methoxy groups -OCH3 is 1. The predicted molar refractivity (Wildman–Crippen MR) is 150 cm³/mol. The Bertz CT molecular complexity index is 1760. The third-order valence-corrected chi connectivity index (χ3v) is 9.36. The summed E-state index contributed by atoms with van der Waals surface area (Å²) >= 11 is 1.49. The van der Waals surface area contributed by atoms with Crippen molar-refractivity contribution in [2.75, 3.05) is 38.7 Å². The highest BCUT2D eigenvalue weighted by Gasteiger charge is 2.42. The minimum Gasteiger partial charge on any atom is -0.383 e. The molecule has 0 radical (unpaired) electrons. The third kappa shape index (κ3) is 4.42. The maximum Gasteiger partial charge on any atom is 0.261 e. The molecule has 0 aromatic carbocycles. The fourth-order valence-electron chi connectivity index (χ4n) is 5.94. The van der Waals surface area contributed by atoms with E-state index in [1.54, 1.807) is 30.1 Å². The molecule has 11 nitrogen and oxygen atoms in total. The largest absolute Gasteiger partial charge is 0.383 e. The van der Waals surface area contributed by atoms with Crippen molar-refractivity contribution in [2.45, 2.75) is 38.6 Å². The van der Waals surface area contributed by atoms with Crippen molar-refractivity contribution >= 4 is 49.7 Å². The second kappa shape index (κ2) is 9.54. The number of likely N-dealkylation sites (tertiary alicyclic amines) is 1. The lowest BCUT2D eigenvalue weighted by Crippen LogP contribution is -2.34. The fourth-order valence-corrected chi connectivity index (χ4v) is 7.00. The number of carbonyl (C=O) groups is 1. The number of hydrogen-bond acceptors (Lipinski definition) is 8. The van der Waals surface area contributed by atoms with E-state index in [-0.39, 0.29) is 11.5 Å². The number of nitrogens with zero attached hydrogens (tertiary/aromatic N) is 6. The maximum absolute atomic E-state index is 13.1. The number of pyridine rings is 2. The van der Waals surface area contributed by atoms with Crippen molar-refractivity contribution in [1.29, 1.82) is 0 Å². The van der Waals surface area contributed by atoms with Crippen LogP contribution in [-0.4, -0.2) is 73.5 Å². The van der Waals surface area contributed by atoms with Crippen molar-refractivity contribution in [1.82, 2.24) is 34.3 Å². The summed E-state index contributed by atoms with van der Waals surface area (Å²) in [5.74, 6) is -0.0466. The first-order valence-corrected chi connectivity index (χ1v) is 14.2. The molecule has 1 aliphatic heterocycles. The zero-order valence-corrected chi connectivity index (χ0v) is 22.6. The molecule has 39 heavy (non-hydrogen) atoms. The Kier molecular flexibility index (Phi) is 5.98. The molecule has 202 valence electrons. The van der Waals surface area contributed by atoms with Gasteiger partial charge in [-0.2, -0.15) is 10.2 Å². The SMILES string of the molecule is COCCn1cc(-c2cn3nc4c5ncc(NC(=O)CCN6CCC7(CCC7)C6)cc5[nH]c(=O)c4c3s2)cn1. The molecule has 0 unspecified atom stereocenters. The molecule has 6 heterocycles. The summed E-state index contributed by atoms with van der Waals surface area (Å²) in [5, 5.41) is 12.5. The average Bonchev–Trinajstić information content (AvgIpc) is 3.68. The molecule has 12 heteroatoms. The lowest BCUT2D eigenvalue weighted by Gasteiger charge is -2.38. The molecule has 1 saturated carbocycles. The Morgan fingerprint density at radius 2 is 2.10 bits per heavy atom. The lowest BCUT2D eigenvalue weighted by molar-refractivity contribution is -0.116. The molecule has 0 atom stereocenters. The number of aromatic amines is 1. The number of fused-ring (bicyclic) bond motifs is 5. The summed E-state index contributed by atoms with van der Waals surface area (Å²) in [4.78, 5) is 37.4. The van der Waals surface area contributed by atoms with Crippen molar-refractivity contribution < 1.29 is 9.53 Å². The van der Waals surface area contributed by atoms with Gasteiger partial charge in [0.1, 0.15) is 21.3 Å². The van der Waals surface area contributed by atoms with Crippen LogP contribution in [0.5, 0.6) is 0 Å². The standard InChI is InChI=1S/C27H30N8O3S/c1-38-10-9-34-14-17(12-29-34)20-15-35-26(39-20)22-24(32-35)23-19(31-25(22)37)11-18(13-28-23)30-21(36)3-7-33-8-6-27(16-33)4-2-5-27/h11-15H,2-10,16H2,1H3,(H,30,36)(H,31,37). The minimum atomic E-state index is -0.235. The van der Waals surface area contributed by atoms with Gasteiger partial charge in [-0.15, -0.1) is 11.3 Å². The number of thiazole rings is 1. The number of H-pyrrole nitrogens is 1. The van der Waals surface area contributed by atoms with Gasteiger partial charge in [0.2, 0.25) is 5.91 Å². The van der Waals surface area contributed by atoms with E-state index in [1.165, 1.54) is 37.0 Å². The van der Waals surface area contributed by atoms with E-state index >= 15 is 0 Å². The molecule has 1 spiro atoms. The number of ether oxygens (including phenoxy) is 1. The van der Waals surface area contributed by atoms with E-state index in [4.69, 9.17) is 9.84 Å². The van der Waals surface area contributed by atoms with Crippen LogP contribution in [0.3, 0.4) is 0 Å². The van der Waals surface area contributed by atoms with Crippen LogP contribution >= 0.6 is 11.3 Å². The third-order valence-electron chi connectivity index (χ3n) is 8.21. The van der Waals surface area contributed by atoms with Gasteiger partial charge in [0, 0.05) is 44.6 Å². The van der Waals surface area contributed by atoms with Crippen LogP contribution in [0.15, 0.2) is 35.6 Å². The number of aromatic nitrogens is 6. The molecular formula is C27H30N8O3S. The number of amides is 1. The van der Waals surface area contributed by atoms with Gasteiger partial charge in [0.05, 0.1) is 41.6 Å². The smallest absolute Gasteiger partial charge is 0.261 e. The first kappa shape index (κ1) is 24.4. The lowest BCUT2D eigenvalue weighted by atomic mass is 9.68. The molecule has 2 aliphatic rings. The van der Waals surface area contributed by atoms with E-state index in [0.717, 1.165) is 34.9 Å².